The molecule has 3 aliphatic rings. The molecule has 6 nitrogen and oxygen atoms in total. The number of imidazole rings is 1. The molecule has 3 fully saturated rings. The number of hydrogen-bond acceptors (Lipinski definition) is 3. The minimum absolute atomic E-state index is 0.111. The van der Waals surface area contributed by atoms with Crippen LogP contribution in [0.2, 0.25) is 0 Å². The van der Waals surface area contributed by atoms with Gasteiger partial charge in [-0.3, -0.25) is 0 Å². The highest BCUT2D eigenvalue weighted by Gasteiger charge is 2.59. The van der Waals surface area contributed by atoms with E-state index in [1.54, 1.807) is 6.33 Å². The third-order valence-electron chi connectivity index (χ3n) is 6.69. The van der Waals surface area contributed by atoms with E-state index in [1.807, 2.05) is 4.57 Å². The zero-order chi connectivity index (χ0) is 19.4. The third kappa shape index (κ3) is 2.94. The van der Waals surface area contributed by atoms with Crippen molar-refractivity contribution in [3.63, 3.8) is 0 Å². The number of carbonyl (C=O) groups is 1. The van der Waals surface area contributed by atoms with Crippen molar-refractivity contribution in [3.05, 3.63) is 30.1 Å². The van der Waals surface area contributed by atoms with Gasteiger partial charge >= 0.3 is 6.03 Å². The van der Waals surface area contributed by atoms with Crippen molar-refractivity contribution in [2.45, 2.75) is 44.3 Å². The van der Waals surface area contributed by atoms with Gasteiger partial charge in [0.25, 0.3) is 0 Å². The summed E-state index contributed by atoms with van der Waals surface area (Å²) in [6.45, 7) is 3.28. The average Bonchev–Trinajstić information content (AvgIpc) is 2.97. The van der Waals surface area contributed by atoms with E-state index in [4.69, 9.17) is 4.74 Å². The zero-order valence-corrected chi connectivity index (χ0v) is 15.7. The molecule has 0 spiro atoms. The number of urea groups is 1. The van der Waals surface area contributed by atoms with Crippen LogP contribution in [0.4, 0.5) is 13.6 Å². The van der Waals surface area contributed by atoms with E-state index in [0.717, 1.165) is 25.3 Å². The van der Waals surface area contributed by atoms with Crippen LogP contribution in [0, 0.1) is 29.4 Å². The fourth-order valence-corrected chi connectivity index (χ4v) is 5.19. The molecule has 0 radical (unpaired) electrons. The van der Waals surface area contributed by atoms with Crippen molar-refractivity contribution in [2.24, 2.45) is 17.8 Å². The second-order valence-electron chi connectivity index (χ2n) is 8.30. The summed E-state index contributed by atoms with van der Waals surface area (Å²) < 4.78 is 34.2. The number of fused-ring (bicyclic) bond motifs is 2. The Kier molecular flexibility index (Phi) is 4.26. The minimum atomic E-state index is -0.865. The lowest BCUT2D eigenvalue weighted by molar-refractivity contribution is -0.000204. The Morgan fingerprint density at radius 2 is 2.00 bits per heavy atom. The highest BCUT2D eigenvalue weighted by molar-refractivity contribution is 5.76. The molecule has 1 aromatic heterocycles. The summed E-state index contributed by atoms with van der Waals surface area (Å²) in [5.74, 6) is -0.0900. The van der Waals surface area contributed by atoms with Gasteiger partial charge in [0.1, 0.15) is 0 Å². The first-order valence-electron chi connectivity index (χ1n) is 10.0. The molecule has 5 rings (SSSR count). The molecule has 2 aliphatic carbocycles. The number of carbonyl (C=O) groups excluding carboxylic acids is 1. The number of aromatic nitrogens is 2. The van der Waals surface area contributed by atoms with Crippen LogP contribution in [-0.2, 0) is 4.74 Å². The number of rotatable bonds is 5. The molecule has 150 valence electrons. The van der Waals surface area contributed by atoms with Crippen molar-refractivity contribution in [3.8, 4) is 0 Å². The van der Waals surface area contributed by atoms with Gasteiger partial charge in [0, 0.05) is 24.2 Å². The maximum atomic E-state index is 13.7. The first-order chi connectivity index (χ1) is 13.5. The Morgan fingerprint density at radius 3 is 2.64 bits per heavy atom. The third-order valence-corrected chi connectivity index (χ3v) is 6.69. The van der Waals surface area contributed by atoms with Gasteiger partial charge in [-0.25, -0.2) is 18.6 Å². The smallest absolute Gasteiger partial charge is 0.315 e. The molecule has 28 heavy (non-hydrogen) atoms. The fourth-order valence-electron chi connectivity index (χ4n) is 5.19. The van der Waals surface area contributed by atoms with Crippen LogP contribution < -0.4 is 10.6 Å². The summed E-state index contributed by atoms with van der Waals surface area (Å²) in [5.41, 5.74) is 1.13. The van der Waals surface area contributed by atoms with Gasteiger partial charge in [0.05, 0.1) is 36.6 Å². The maximum absolute atomic E-state index is 13.7. The molecule has 2 unspecified atom stereocenters. The van der Waals surface area contributed by atoms with Crippen molar-refractivity contribution in [2.75, 3.05) is 13.2 Å². The predicted octanol–water partition coefficient (Wildman–Crippen LogP) is 2.99. The topological polar surface area (TPSA) is 68.2 Å². The van der Waals surface area contributed by atoms with Gasteiger partial charge in [-0.1, -0.05) is 6.92 Å². The fraction of sp³-hybridized carbons (Fsp3) is 0.600. The number of nitrogens with zero attached hydrogens (tertiary/aromatic N) is 2. The molecule has 2 heterocycles. The van der Waals surface area contributed by atoms with Crippen LogP contribution >= 0.6 is 0 Å². The van der Waals surface area contributed by atoms with E-state index in [2.05, 4.69) is 22.5 Å². The van der Waals surface area contributed by atoms with Gasteiger partial charge in [-0.05, 0) is 37.0 Å². The van der Waals surface area contributed by atoms with Gasteiger partial charge in [-0.2, -0.15) is 0 Å². The first kappa shape index (κ1) is 17.8. The van der Waals surface area contributed by atoms with Gasteiger partial charge in [0.2, 0.25) is 0 Å². The highest BCUT2D eigenvalue weighted by Crippen LogP contribution is 2.62. The van der Waals surface area contributed by atoms with E-state index >= 15 is 0 Å². The highest BCUT2D eigenvalue weighted by atomic mass is 19.2. The van der Waals surface area contributed by atoms with Crippen LogP contribution in [-0.4, -0.2) is 40.9 Å². The van der Waals surface area contributed by atoms with Gasteiger partial charge in [-0.15, -0.1) is 0 Å². The van der Waals surface area contributed by atoms with Crippen molar-refractivity contribution < 1.29 is 18.3 Å². The van der Waals surface area contributed by atoms with Crippen molar-refractivity contribution in [1.82, 2.24) is 20.2 Å². The molecule has 1 aliphatic heterocycles. The number of amides is 2. The van der Waals surface area contributed by atoms with Gasteiger partial charge < -0.3 is 19.9 Å². The molecule has 2 amide bonds. The molecule has 0 bridgehead atoms. The molecular formula is C20H24F2N4O2. The van der Waals surface area contributed by atoms with Crippen molar-refractivity contribution >= 4 is 17.1 Å². The SMILES string of the molecule is CC[C@@H](NC(=O)NC1COC1)C1[C@H]2CC(n3cnc4cc(F)c(F)cc43)C[C@@H]12. The molecule has 5 atom stereocenters. The van der Waals surface area contributed by atoms with E-state index < -0.39 is 11.6 Å². The summed E-state index contributed by atoms with van der Waals surface area (Å²) in [5, 5.41) is 6.07. The lowest BCUT2D eigenvalue weighted by atomic mass is 9.99. The summed E-state index contributed by atoms with van der Waals surface area (Å²) in [4.78, 5) is 16.4. The second-order valence-corrected chi connectivity index (χ2v) is 8.30. The van der Waals surface area contributed by atoms with E-state index in [-0.39, 0.29) is 24.2 Å². The van der Waals surface area contributed by atoms with Gasteiger partial charge in [0.15, 0.2) is 11.6 Å². The Hall–Kier alpha value is -2.22. The zero-order valence-electron chi connectivity index (χ0n) is 15.7. The number of benzene rings is 1. The molecular weight excluding hydrogens is 366 g/mol. The second kappa shape index (κ2) is 6.69. The summed E-state index contributed by atoms with van der Waals surface area (Å²) in [7, 11) is 0. The Bertz CT molecular complexity index is 901. The number of ether oxygens (including phenoxy) is 1. The monoisotopic (exact) mass is 390 g/mol. The van der Waals surface area contributed by atoms with Crippen LogP contribution in [0.3, 0.4) is 0 Å². The van der Waals surface area contributed by atoms with Crippen LogP contribution in [0.1, 0.15) is 32.2 Å². The minimum Gasteiger partial charge on any atom is -0.377 e. The number of hydrogen-bond donors (Lipinski definition) is 2. The normalized spacial score (nSPS) is 30.0. The first-order valence-corrected chi connectivity index (χ1v) is 10.0. The average molecular weight is 390 g/mol. The van der Waals surface area contributed by atoms with E-state index in [0.29, 0.717) is 42.0 Å². The molecule has 1 saturated heterocycles. The molecule has 1 aromatic carbocycles. The molecule has 2 N–H and O–H groups in total. The van der Waals surface area contributed by atoms with Crippen LogP contribution in [0.25, 0.3) is 11.0 Å². The van der Waals surface area contributed by atoms with Crippen molar-refractivity contribution in [1.29, 1.82) is 0 Å². The molecule has 2 saturated carbocycles. The summed E-state index contributed by atoms with van der Waals surface area (Å²) >= 11 is 0. The molecule has 2 aromatic rings. The summed E-state index contributed by atoms with van der Waals surface area (Å²) in [6.07, 6.45) is 4.55. The van der Waals surface area contributed by atoms with E-state index in [1.165, 1.54) is 6.07 Å². The largest absolute Gasteiger partial charge is 0.377 e. The lowest BCUT2D eigenvalue weighted by Crippen LogP contribution is -2.54. The quantitative estimate of drug-likeness (QED) is 0.825. The van der Waals surface area contributed by atoms with Crippen LogP contribution in [0.15, 0.2) is 18.5 Å². The summed E-state index contributed by atoms with van der Waals surface area (Å²) in [6, 6.07) is 2.83. The Balaban J connectivity index is 1.23. The maximum Gasteiger partial charge on any atom is 0.315 e. The van der Waals surface area contributed by atoms with E-state index in [9.17, 15) is 13.6 Å². The Labute approximate surface area is 161 Å². The standard InChI is InChI=1S/C20H24F2N4O2/c1-2-16(25-20(27)24-10-7-28-8-10)19-12-3-11(4-13(12)19)26-9-23-17-5-14(21)15(22)6-18(17)26/h5-6,9-13,16,19H,2-4,7-8H2,1H3,(H2,24,25,27)/t11?,12-,13+,16-,19?/m1/s1. The number of halogens is 2. The van der Waals surface area contributed by atoms with Crippen LogP contribution in [0.5, 0.6) is 0 Å². The number of nitrogens with one attached hydrogen (secondary N) is 2. The lowest BCUT2D eigenvalue weighted by Gasteiger charge is -2.28. The molecule has 8 heteroatoms. The predicted molar refractivity (Wildman–Crippen MR) is 98.7 cm³/mol. The Morgan fingerprint density at radius 1 is 1.29 bits per heavy atom.